The third-order valence-corrected chi connectivity index (χ3v) is 2.64. The second kappa shape index (κ2) is 4.93. The number of carboxylic acids is 1. The molecule has 2 heterocycles. The van der Waals surface area contributed by atoms with E-state index in [2.05, 4.69) is 9.82 Å². The molecular formula is C9H9N3O4S. The van der Waals surface area contributed by atoms with Gasteiger partial charge in [0.1, 0.15) is 0 Å². The van der Waals surface area contributed by atoms with Gasteiger partial charge in [-0.15, -0.1) is 11.3 Å². The summed E-state index contributed by atoms with van der Waals surface area (Å²) in [5.41, 5.74) is 2.64. The van der Waals surface area contributed by atoms with Crippen molar-refractivity contribution in [2.45, 2.75) is 6.42 Å². The molecule has 0 unspecified atom stereocenters. The fourth-order valence-electron chi connectivity index (χ4n) is 1.24. The van der Waals surface area contributed by atoms with Crippen molar-refractivity contribution in [2.75, 3.05) is 6.61 Å². The third kappa shape index (κ3) is 3.02. The van der Waals surface area contributed by atoms with Crippen LogP contribution in [0.3, 0.4) is 0 Å². The van der Waals surface area contributed by atoms with Gasteiger partial charge in [0, 0.05) is 17.8 Å². The van der Waals surface area contributed by atoms with Crippen LogP contribution in [0.2, 0.25) is 0 Å². The van der Waals surface area contributed by atoms with Crippen LogP contribution < -0.4 is 5.48 Å². The van der Waals surface area contributed by atoms with Crippen LogP contribution in [-0.2, 0) is 20.8 Å². The molecule has 0 aliphatic carbocycles. The van der Waals surface area contributed by atoms with E-state index in [1.165, 1.54) is 11.3 Å². The number of imidazole rings is 1. The minimum Gasteiger partial charge on any atom is -0.479 e. The highest BCUT2D eigenvalue weighted by Crippen LogP contribution is 2.11. The maximum atomic E-state index is 11.3. The van der Waals surface area contributed by atoms with Gasteiger partial charge in [-0.3, -0.25) is 14.0 Å². The van der Waals surface area contributed by atoms with Crippen LogP contribution in [0.15, 0.2) is 17.8 Å². The Morgan fingerprint density at radius 1 is 1.59 bits per heavy atom. The van der Waals surface area contributed by atoms with Crippen molar-refractivity contribution in [2.24, 2.45) is 0 Å². The summed E-state index contributed by atoms with van der Waals surface area (Å²) in [5.74, 6) is -1.58. The van der Waals surface area contributed by atoms with Gasteiger partial charge in [0.2, 0.25) is 5.91 Å². The smallest absolute Gasteiger partial charge is 0.332 e. The fraction of sp³-hybridized carbons (Fsp3) is 0.222. The van der Waals surface area contributed by atoms with E-state index in [0.29, 0.717) is 5.69 Å². The highest BCUT2D eigenvalue weighted by Gasteiger charge is 2.08. The fourth-order valence-corrected chi connectivity index (χ4v) is 1.96. The number of carboxylic acid groups (broad SMARTS) is 1. The molecule has 0 aromatic carbocycles. The van der Waals surface area contributed by atoms with Gasteiger partial charge >= 0.3 is 5.97 Å². The van der Waals surface area contributed by atoms with E-state index in [0.717, 1.165) is 4.96 Å². The van der Waals surface area contributed by atoms with Gasteiger partial charge in [-0.05, 0) is 0 Å². The third-order valence-electron chi connectivity index (χ3n) is 1.87. The van der Waals surface area contributed by atoms with E-state index < -0.39 is 18.5 Å². The van der Waals surface area contributed by atoms with Gasteiger partial charge in [-0.1, -0.05) is 0 Å². The lowest BCUT2D eigenvalue weighted by atomic mass is 10.3. The first-order valence-electron chi connectivity index (χ1n) is 4.68. The zero-order chi connectivity index (χ0) is 12.3. The number of nitrogens with one attached hydrogen (secondary N) is 1. The molecule has 0 saturated heterocycles. The minimum atomic E-state index is -1.15. The number of hydrogen-bond acceptors (Lipinski definition) is 5. The average molecular weight is 255 g/mol. The Hall–Kier alpha value is -1.93. The monoisotopic (exact) mass is 255 g/mol. The molecule has 90 valence electrons. The number of carbonyl (C=O) groups is 2. The van der Waals surface area contributed by atoms with E-state index in [4.69, 9.17) is 5.11 Å². The predicted octanol–water partition coefficient (Wildman–Crippen LogP) is 0.0707. The lowest BCUT2D eigenvalue weighted by molar-refractivity contribution is -0.149. The highest BCUT2D eigenvalue weighted by molar-refractivity contribution is 7.15. The molecule has 2 aromatic rings. The molecule has 0 bridgehead atoms. The lowest BCUT2D eigenvalue weighted by Gasteiger charge is -2.01. The molecule has 2 aromatic heterocycles. The molecule has 7 nitrogen and oxygen atoms in total. The van der Waals surface area contributed by atoms with E-state index in [1.807, 2.05) is 21.5 Å². The minimum absolute atomic E-state index is 0.0496. The van der Waals surface area contributed by atoms with Crippen molar-refractivity contribution >= 4 is 28.2 Å². The van der Waals surface area contributed by atoms with Crippen molar-refractivity contribution in [3.63, 3.8) is 0 Å². The van der Waals surface area contributed by atoms with Crippen LogP contribution in [0.1, 0.15) is 5.69 Å². The summed E-state index contributed by atoms with van der Waals surface area (Å²) >= 11 is 1.47. The number of hydroxylamine groups is 1. The summed E-state index contributed by atoms with van der Waals surface area (Å²) in [5, 5.41) is 10.2. The van der Waals surface area contributed by atoms with Gasteiger partial charge < -0.3 is 5.11 Å². The maximum absolute atomic E-state index is 11.3. The molecule has 17 heavy (non-hydrogen) atoms. The number of thiazole rings is 1. The van der Waals surface area contributed by atoms with Gasteiger partial charge in [0.15, 0.2) is 11.6 Å². The second-order valence-corrected chi connectivity index (χ2v) is 4.08. The predicted molar refractivity (Wildman–Crippen MR) is 58.5 cm³/mol. The molecule has 8 heteroatoms. The Kier molecular flexibility index (Phi) is 3.35. The van der Waals surface area contributed by atoms with Crippen molar-refractivity contribution in [1.29, 1.82) is 0 Å². The molecule has 0 aliphatic heterocycles. The van der Waals surface area contributed by atoms with E-state index >= 15 is 0 Å². The number of amides is 1. The first kappa shape index (κ1) is 11.6. The molecule has 0 saturated carbocycles. The van der Waals surface area contributed by atoms with Crippen molar-refractivity contribution in [3.05, 3.63) is 23.5 Å². The van der Waals surface area contributed by atoms with E-state index in [9.17, 15) is 9.59 Å². The molecule has 0 fully saturated rings. The standard InChI is InChI=1S/C9H9N3O4S/c13-7(11-16-5-8(14)15)3-6-4-12-1-2-17-9(12)10-6/h1-2,4H,3,5H2,(H,11,13)(H,14,15). The SMILES string of the molecule is O=C(O)CONC(=O)Cc1cn2ccsc2n1. The Bertz CT molecular complexity index is 519. The first-order valence-corrected chi connectivity index (χ1v) is 5.56. The number of aliphatic carboxylic acids is 1. The number of aromatic nitrogens is 2. The topological polar surface area (TPSA) is 92.9 Å². The first-order chi connectivity index (χ1) is 8.15. The number of nitrogens with zero attached hydrogens (tertiary/aromatic N) is 2. The quantitative estimate of drug-likeness (QED) is 0.737. The number of rotatable bonds is 5. The zero-order valence-electron chi connectivity index (χ0n) is 8.62. The van der Waals surface area contributed by atoms with Crippen molar-refractivity contribution < 1.29 is 19.5 Å². The number of carbonyl (C=O) groups excluding carboxylic acids is 1. The molecular weight excluding hydrogens is 246 g/mol. The summed E-state index contributed by atoms with van der Waals surface area (Å²) < 4.78 is 1.81. The molecule has 1 amide bonds. The van der Waals surface area contributed by atoms with Crippen LogP contribution in [0.5, 0.6) is 0 Å². The summed E-state index contributed by atoms with van der Waals surface area (Å²) in [6, 6.07) is 0. The molecule has 0 radical (unpaired) electrons. The molecule has 0 atom stereocenters. The van der Waals surface area contributed by atoms with Gasteiger partial charge in [-0.25, -0.2) is 15.3 Å². The summed E-state index contributed by atoms with van der Waals surface area (Å²) in [7, 11) is 0. The zero-order valence-corrected chi connectivity index (χ0v) is 9.44. The largest absolute Gasteiger partial charge is 0.479 e. The Labute approximate surface area is 99.6 Å². The van der Waals surface area contributed by atoms with Crippen LogP contribution in [0, 0.1) is 0 Å². The number of hydrogen-bond donors (Lipinski definition) is 2. The number of fused-ring (bicyclic) bond motifs is 1. The molecule has 0 aliphatic rings. The molecule has 2 rings (SSSR count). The van der Waals surface area contributed by atoms with Crippen molar-refractivity contribution in [1.82, 2.24) is 14.9 Å². The molecule has 2 N–H and O–H groups in total. The van der Waals surface area contributed by atoms with Crippen LogP contribution in [0.25, 0.3) is 4.96 Å². The maximum Gasteiger partial charge on any atom is 0.332 e. The summed E-state index contributed by atoms with van der Waals surface area (Å²) in [6.45, 7) is -0.565. The Morgan fingerprint density at radius 2 is 2.41 bits per heavy atom. The van der Waals surface area contributed by atoms with Gasteiger partial charge in [-0.2, -0.15) is 0 Å². The van der Waals surface area contributed by atoms with Gasteiger partial charge in [0.05, 0.1) is 12.1 Å². The van der Waals surface area contributed by atoms with Crippen LogP contribution in [-0.4, -0.2) is 33.0 Å². The average Bonchev–Trinajstić information content (AvgIpc) is 2.76. The summed E-state index contributed by atoms with van der Waals surface area (Å²) in [6.07, 6.45) is 3.63. The van der Waals surface area contributed by atoms with Crippen LogP contribution >= 0.6 is 11.3 Å². The second-order valence-electron chi connectivity index (χ2n) is 3.21. The van der Waals surface area contributed by atoms with Gasteiger partial charge in [0.25, 0.3) is 0 Å². The van der Waals surface area contributed by atoms with E-state index in [-0.39, 0.29) is 6.42 Å². The van der Waals surface area contributed by atoms with Crippen LogP contribution in [0.4, 0.5) is 0 Å². The Balaban J connectivity index is 1.86. The normalized spacial score (nSPS) is 10.6. The van der Waals surface area contributed by atoms with Crippen molar-refractivity contribution in [3.8, 4) is 0 Å². The summed E-state index contributed by atoms with van der Waals surface area (Å²) in [4.78, 5) is 30.9. The van der Waals surface area contributed by atoms with E-state index in [1.54, 1.807) is 6.20 Å². The molecule has 0 spiro atoms. The lowest BCUT2D eigenvalue weighted by Crippen LogP contribution is -2.28. The highest BCUT2D eigenvalue weighted by atomic mass is 32.1. The Morgan fingerprint density at radius 3 is 3.12 bits per heavy atom.